The monoisotopic (exact) mass is 272 g/mol. The summed E-state index contributed by atoms with van der Waals surface area (Å²) >= 11 is 0. The Balaban J connectivity index is 0.000000641. The molecule has 0 aliphatic heterocycles. The van der Waals surface area contributed by atoms with Gasteiger partial charge in [0.1, 0.15) is 0 Å². The zero-order valence-electron chi connectivity index (χ0n) is 13.6. The molecular formula is C18H28N2. The van der Waals surface area contributed by atoms with E-state index in [1.165, 1.54) is 16.7 Å². The normalized spacial score (nSPS) is 8.90. The highest BCUT2D eigenvalue weighted by Crippen LogP contribution is 2.26. The molecule has 0 heterocycles. The molecule has 0 saturated heterocycles. The number of nitrogen functional groups attached to an aromatic ring is 1. The van der Waals surface area contributed by atoms with E-state index in [4.69, 9.17) is 5.73 Å². The molecule has 0 bridgehead atoms. The standard InChI is InChI=1S/C14H15N.C2H7N.C2H6/c1-10-6-8-12(9-7-10)13-4-3-5-14(15)11(13)2;1-3-2;1-2/h3-9H,15H2,1-2H3;3H,1-2H3;1-2H3. The maximum absolute atomic E-state index is 5.89. The van der Waals surface area contributed by atoms with Crippen LogP contribution in [0.15, 0.2) is 42.5 Å². The van der Waals surface area contributed by atoms with Gasteiger partial charge < -0.3 is 11.1 Å². The molecule has 2 aromatic rings. The first-order valence-electron chi connectivity index (χ1n) is 7.10. The molecule has 0 spiro atoms. The van der Waals surface area contributed by atoms with Crippen LogP contribution < -0.4 is 11.1 Å². The summed E-state index contributed by atoms with van der Waals surface area (Å²) in [6.07, 6.45) is 0. The van der Waals surface area contributed by atoms with Crippen LogP contribution in [0.4, 0.5) is 5.69 Å². The molecule has 2 aromatic carbocycles. The van der Waals surface area contributed by atoms with E-state index in [0.29, 0.717) is 0 Å². The number of benzene rings is 2. The second-order valence-electron chi connectivity index (χ2n) is 4.39. The van der Waals surface area contributed by atoms with Crippen molar-refractivity contribution in [3.05, 3.63) is 53.6 Å². The maximum Gasteiger partial charge on any atom is 0.0349 e. The first-order valence-corrected chi connectivity index (χ1v) is 7.10. The van der Waals surface area contributed by atoms with Crippen LogP contribution in [0.5, 0.6) is 0 Å². The van der Waals surface area contributed by atoms with Crippen LogP contribution in [0.25, 0.3) is 11.1 Å². The minimum absolute atomic E-state index is 0.855. The van der Waals surface area contributed by atoms with Crippen LogP contribution in [-0.2, 0) is 0 Å². The molecule has 0 unspecified atom stereocenters. The predicted molar refractivity (Wildman–Crippen MR) is 92.1 cm³/mol. The Bertz CT molecular complexity index is 487. The molecule has 110 valence electrons. The van der Waals surface area contributed by atoms with Gasteiger partial charge in [-0.05, 0) is 50.7 Å². The number of nitrogens with two attached hydrogens (primary N) is 1. The van der Waals surface area contributed by atoms with E-state index in [-0.39, 0.29) is 0 Å². The Morgan fingerprint density at radius 2 is 1.35 bits per heavy atom. The van der Waals surface area contributed by atoms with Gasteiger partial charge in [0.2, 0.25) is 0 Å². The van der Waals surface area contributed by atoms with Gasteiger partial charge in [0, 0.05) is 5.69 Å². The summed E-state index contributed by atoms with van der Waals surface area (Å²) in [6.45, 7) is 8.15. The lowest BCUT2D eigenvalue weighted by Crippen LogP contribution is -1.91. The van der Waals surface area contributed by atoms with Gasteiger partial charge in [0.15, 0.2) is 0 Å². The number of hydrogen-bond donors (Lipinski definition) is 2. The Morgan fingerprint density at radius 3 is 1.85 bits per heavy atom. The molecule has 0 fully saturated rings. The van der Waals surface area contributed by atoms with E-state index in [1.54, 1.807) is 0 Å². The fourth-order valence-electron chi connectivity index (χ4n) is 1.70. The van der Waals surface area contributed by atoms with Gasteiger partial charge in [0.05, 0.1) is 0 Å². The summed E-state index contributed by atoms with van der Waals surface area (Å²) in [5.74, 6) is 0. The average Bonchev–Trinajstić information content (AvgIpc) is 2.46. The Kier molecular flexibility index (Phi) is 9.14. The number of rotatable bonds is 1. The van der Waals surface area contributed by atoms with E-state index in [9.17, 15) is 0 Å². The third-order valence-electron chi connectivity index (χ3n) is 2.74. The third-order valence-corrected chi connectivity index (χ3v) is 2.74. The molecule has 0 saturated carbocycles. The van der Waals surface area contributed by atoms with Crippen molar-refractivity contribution in [2.24, 2.45) is 0 Å². The Morgan fingerprint density at radius 1 is 0.850 bits per heavy atom. The van der Waals surface area contributed by atoms with Crippen LogP contribution in [0.3, 0.4) is 0 Å². The minimum atomic E-state index is 0.855. The predicted octanol–water partition coefficient (Wildman–Crippen LogP) is 4.41. The quantitative estimate of drug-likeness (QED) is 0.754. The number of nitrogens with one attached hydrogen (secondary N) is 1. The highest BCUT2D eigenvalue weighted by Gasteiger charge is 2.02. The lowest BCUT2D eigenvalue weighted by Gasteiger charge is -2.08. The first-order chi connectivity index (χ1) is 9.60. The molecule has 0 aromatic heterocycles. The van der Waals surface area contributed by atoms with E-state index in [1.807, 2.05) is 40.1 Å². The lowest BCUT2D eigenvalue weighted by molar-refractivity contribution is 1.02. The van der Waals surface area contributed by atoms with E-state index >= 15 is 0 Å². The van der Waals surface area contributed by atoms with E-state index in [2.05, 4.69) is 49.5 Å². The Hall–Kier alpha value is -1.80. The Labute approximate surface area is 124 Å². The molecule has 0 atom stereocenters. The van der Waals surface area contributed by atoms with Crippen molar-refractivity contribution in [1.29, 1.82) is 0 Å². The zero-order valence-corrected chi connectivity index (χ0v) is 13.6. The van der Waals surface area contributed by atoms with Crippen molar-refractivity contribution in [2.45, 2.75) is 27.7 Å². The molecular weight excluding hydrogens is 244 g/mol. The van der Waals surface area contributed by atoms with Crippen LogP contribution >= 0.6 is 0 Å². The summed E-state index contributed by atoms with van der Waals surface area (Å²) in [5, 5.41) is 2.75. The molecule has 0 aliphatic carbocycles. The van der Waals surface area contributed by atoms with E-state index < -0.39 is 0 Å². The van der Waals surface area contributed by atoms with Crippen molar-refractivity contribution in [3.63, 3.8) is 0 Å². The van der Waals surface area contributed by atoms with Gasteiger partial charge >= 0.3 is 0 Å². The second-order valence-corrected chi connectivity index (χ2v) is 4.39. The van der Waals surface area contributed by atoms with Crippen LogP contribution in [0, 0.1) is 13.8 Å². The minimum Gasteiger partial charge on any atom is -0.398 e. The van der Waals surface area contributed by atoms with E-state index in [0.717, 1.165) is 11.3 Å². The van der Waals surface area contributed by atoms with Gasteiger partial charge in [-0.3, -0.25) is 0 Å². The second kappa shape index (κ2) is 10.0. The van der Waals surface area contributed by atoms with Crippen molar-refractivity contribution in [2.75, 3.05) is 19.8 Å². The maximum atomic E-state index is 5.89. The average molecular weight is 272 g/mol. The number of aryl methyl sites for hydroxylation is 1. The SMILES string of the molecule is CC.CNC.Cc1ccc(-c2cccc(N)c2C)cc1. The van der Waals surface area contributed by atoms with Crippen molar-refractivity contribution >= 4 is 5.69 Å². The molecule has 0 amide bonds. The van der Waals surface area contributed by atoms with Crippen molar-refractivity contribution in [1.82, 2.24) is 5.32 Å². The summed E-state index contributed by atoms with van der Waals surface area (Å²) in [5.41, 5.74) is 11.6. The molecule has 2 nitrogen and oxygen atoms in total. The number of anilines is 1. The zero-order chi connectivity index (χ0) is 15.5. The topological polar surface area (TPSA) is 38.0 Å². The smallest absolute Gasteiger partial charge is 0.0349 e. The van der Waals surface area contributed by atoms with Crippen LogP contribution in [0.1, 0.15) is 25.0 Å². The van der Waals surface area contributed by atoms with Gasteiger partial charge in [-0.25, -0.2) is 0 Å². The van der Waals surface area contributed by atoms with Gasteiger partial charge in [-0.1, -0.05) is 55.8 Å². The molecule has 3 N–H and O–H groups in total. The van der Waals surface area contributed by atoms with Crippen molar-refractivity contribution in [3.8, 4) is 11.1 Å². The van der Waals surface area contributed by atoms with Crippen LogP contribution in [0.2, 0.25) is 0 Å². The third kappa shape index (κ3) is 5.45. The summed E-state index contributed by atoms with van der Waals surface area (Å²) in [4.78, 5) is 0. The highest BCUT2D eigenvalue weighted by atomic mass is 14.7. The first kappa shape index (κ1) is 18.2. The molecule has 2 heteroatoms. The molecule has 0 radical (unpaired) electrons. The van der Waals surface area contributed by atoms with Gasteiger partial charge in [-0.15, -0.1) is 0 Å². The fourth-order valence-corrected chi connectivity index (χ4v) is 1.70. The highest BCUT2D eigenvalue weighted by molar-refractivity contribution is 5.72. The molecule has 0 aliphatic rings. The largest absolute Gasteiger partial charge is 0.398 e. The summed E-state index contributed by atoms with van der Waals surface area (Å²) in [6, 6.07) is 14.6. The summed E-state index contributed by atoms with van der Waals surface area (Å²) in [7, 11) is 3.75. The van der Waals surface area contributed by atoms with Gasteiger partial charge in [-0.2, -0.15) is 0 Å². The van der Waals surface area contributed by atoms with Crippen LogP contribution in [-0.4, -0.2) is 14.1 Å². The summed E-state index contributed by atoms with van der Waals surface area (Å²) < 4.78 is 0. The number of hydrogen-bond acceptors (Lipinski definition) is 2. The van der Waals surface area contributed by atoms with Gasteiger partial charge in [0.25, 0.3) is 0 Å². The lowest BCUT2D eigenvalue weighted by atomic mass is 9.99. The molecule has 20 heavy (non-hydrogen) atoms. The molecule has 2 rings (SSSR count). The van der Waals surface area contributed by atoms with Crippen molar-refractivity contribution < 1.29 is 0 Å². The fraction of sp³-hybridized carbons (Fsp3) is 0.333.